The lowest BCUT2D eigenvalue weighted by Crippen LogP contribution is -2.30. The fourth-order valence-corrected chi connectivity index (χ4v) is 9.85. The molecule has 0 aliphatic heterocycles. The second kappa shape index (κ2) is 65.6. The van der Waals surface area contributed by atoms with Crippen LogP contribution in [0.15, 0.2) is 60.8 Å². The summed E-state index contributed by atoms with van der Waals surface area (Å²) in [6.07, 6.45) is 83.7. The molecule has 0 aromatic rings. The van der Waals surface area contributed by atoms with E-state index in [0.29, 0.717) is 19.3 Å². The molecule has 1 unspecified atom stereocenters. The van der Waals surface area contributed by atoms with Crippen molar-refractivity contribution in [1.29, 1.82) is 0 Å². The van der Waals surface area contributed by atoms with Gasteiger partial charge < -0.3 is 14.2 Å². The number of esters is 3. The lowest BCUT2D eigenvalue weighted by atomic mass is 10.0. The highest BCUT2D eigenvalue weighted by Crippen LogP contribution is 2.17. The van der Waals surface area contributed by atoms with E-state index in [1.807, 2.05) is 0 Å². The van der Waals surface area contributed by atoms with Gasteiger partial charge in [-0.3, -0.25) is 14.4 Å². The number of unbranched alkanes of at least 4 members (excludes halogenated alkanes) is 41. The van der Waals surface area contributed by atoms with Gasteiger partial charge in [0, 0.05) is 19.3 Å². The Bertz CT molecular complexity index is 1380. The van der Waals surface area contributed by atoms with E-state index in [1.54, 1.807) is 0 Å². The van der Waals surface area contributed by atoms with Gasteiger partial charge in [0.05, 0.1) is 0 Å². The van der Waals surface area contributed by atoms with Gasteiger partial charge >= 0.3 is 17.9 Å². The first kappa shape index (κ1) is 74.1. The molecule has 0 bridgehead atoms. The molecule has 0 radical (unpaired) electrons. The summed E-state index contributed by atoms with van der Waals surface area (Å²) in [5.41, 5.74) is 0. The third kappa shape index (κ3) is 63.8. The number of allylic oxidation sites excluding steroid dienone is 10. The van der Waals surface area contributed by atoms with E-state index >= 15 is 0 Å². The maximum Gasteiger partial charge on any atom is 0.306 e. The molecule has 6 heteroatoms. The molecule has 0 saturated heterocycles. The van der Waals surface area contributed by atoms with Crippen molar-refractivity contribution in [2.45, 2.75) is 361 Å². The minimum Gasteiger partial charge on any atom is -0.462 e. The van der Waals surface area contributed by atoms with E-state index < -0.39 is 6.10 Å². The van der Waals surface area contributed by atoms with Crippen LogP contribution in [0.2, 0.25) is 0 Å². The SMILES string of the molecule is CCCCCCC/C=C\C/C=C\C/C=C\CCCCCCCCCCCCCCC(=O)OCC(COC(=O)CCCCCCC/C=C\CCCCCCCCC)OC(=O)CCCCCCC/C=C\CCCCCCCCC. The van der Waals surface area contributed by atoms with Gasteiger partial charge in [0.25, 0.3) is 0 Å². The first-order valence-corrected chi connectivity index (χ1v) is 33.8. The number of hydrogen-bond acceptors (Lipinski definition) is 6. The van der Waals surface area contributed by atoms with Crippen molar-refractivity contribution in [1.82, 2.24) is 0 Å². The highest BCUT2D eigenvalue weighted by molar-refractivity contribution is 5.71. The zero-order chi connectivity index (χ0) is 55.7. The largest absolute Gasteiger partial charge is 0.462 e. The predicted octanol–water partition coefficient (Wildman–Crippen LogP) is 23.1. The van der Waals surface area contributed by atoms with Crippen molar-refractivity contribution in [3.8, 4) is 0 Å². The molecule has 0 spiro atoms. The topological polar surface area (TPSA) is 78.9 Å². The van der Waals surface area contributed by atoms with Gasteiger partial charge in [0.2, 0.25) is 0 Å². The van der Waals surface area contributed by atoms with Crippen LogP contribution in [-0.4, -0.2) is 37.2 Å². The zero-order valence-corrected chi connectivity index (χ0v) is 51.5. The fourth-order valence-electron chi connectivity index (χ4n) is 9.85. The standard InChI is InChI=1S/C71H128O6/c1-4-7-10-13-16-19-22-25-28-31-32-33-34-35-36-37-38-39-40-41-44-46-49-52-55-58-61-64-70(73)76-67-68(77-71(74)65-62-59-56-53-50-47-43-30-27-24-21-18-15-12-9-6-3)66-75-69(72)63-60-57-54-51-48-45-42-29-26-23-20-17-14-11-8-5-2/h22,25,29-32,34-35,42-43,68H,4-21,23-24,26-28,33,36-41,44-67H2,1-3H3/b25-22-,32-31-,35-34-,42-29-,43-30-. The maximum absolute atomic E-state index is 12.9. The molecule has 0 fully saturated rings. The van der Waals surface area contributed by atoms with Gasteiger partial charge in [0.15, 0.2) is 6.10 Å². The van der Waals surface area contributed by atoms with Crippen molar-refractivity contribution >= 4 is 17.9 Å². The summed E-state index contributed by atoms with van der Waals surface area (Å²) >= 11 is 0. The van der Waals surface area contributed by atoms with E-state index in [-0.39, 0.29) is 31.1 Å². The van der Waals surface area contributed by atoms with Gasteiger partial charge in [-0.1, -0.05) is 287 Å². The summed E-state index contributed by atoms with van der Waals surface area (Å²) in [6, 6.07) is 0. The first-order chi connectivity index (χ1) is 38.0. The van der Waals surface area contributed by atoms with Gasteiger partial charge in [0.1, 0.15) is 13.2 Å². The molecule has 77 heavy (non-hydrogen) atoms. The summed E-state index contributed by atoms with van der Waals surface area (Å²) in [5.74, 6) is -0.878. The van der Waals surface area contributed by atoms with Crippen LogP contribution in [0.3, 0.4) is 0 Å². The summed E-state index contributed by atoms with van der Waals surface area (Å²) in [7, 11) is 0. The molecule has 0 N–H and O–H groups in total. The molecule has 0 aromatic heterocycles. The molecular weight excluding hydrogens is 949 g/mol. The van der Waals surface area contributed by atoms with Crippen LogP contribution in [-0.2, 0) is 28.6 Å². The number of carbonyl (C=O) groups excluding carboxylic acids is 3. The molecule has 0 aliphatic rings. The normalized spacial score (nSPS) is 12.4. The van der Waals surface area contributed by atoms with Crippen LogP contribution in [0.5, 0.6) is 0 Å². The van der Waals surface area contributed by atoms with Gasteiger partial charge in [-0.2, -0.15) is 0 Å². The van der Waals surface area contributed by atoms with Crippen molar-refractivity contribution in [2.24, 2.45) is 0 Å². The highest BCUT2D eigenvalue weighted by Gasteiger charge is 2.19. The lowest BCUT2D eigenvalue weighted by Gasteiger charge is -2.18. The number of ether oxygens (including phenoxy) is 3. The third-order valence-electron chi connectivity index (χ3n) is 15.0. The highest BCUT2D eigenvalue weighted by atomic mass is 16.6. The Morgan fingerprint density at radius 2 is 0.468 bits per heavy atom. The Kier molecular flexibility index (Phi) is 63.2. The van der Waals surface area contributed by atoms with E-state index in [4.69, 9.17) is 14.2 Å². The maximum atomic E-state index is 12.9. The minimum atomic E-state index is -0.783. The Morgan fingerprint density at radius 3 is 0.740 bits per heavy atom. The van der Waals surface area contributed by atoms with Crippen LogP contribution in [0.4, 0.5) is 0 Å². The molecule has 6 nitrogen and oxygen atoms in total. The van der Waals surface area contributed by atoms with Crippen LogP contribution in [0.25, 0.3) is 0 Å². The van der Waals surface area contributed by atoms with E-state index in [1.165, 1.54) is 225 Å². The zero-order valence-electron chi connectivity index (χ0n) is 51.5. The van der Waals surface area contributed by atoms with Crippen LogP contribution in [0.1, 0.15) is 355 Å². The Balaban J connectivity index is 4.29. The second-order valence-corrected chi connectivity index (χ2v) is 22.7. The van der Waals surface area contributed by atoms with Crippen molar-refractivity contribution < 1.29 is 28.6 Å². The van der Waals surface area contributed by atoms with Crippen LogP contribution < -0.4 is 0 Å². The van der Waals surface area contributed by atoms with Gasteiger partial charge in [-0.05, 0) is 109 Å². The van der Waals surface area contributed by atoms with Crippen molar-refractivity contribution in [3.05, 3.63) is 60.8 Å². The van der Waals surface area contributed by atoms with Crippen molar-refractivity contribution in [2.75, 3.05) is 13.2 Å². The molecule has 0 rings (SSSR count). The molecule has 0 aromatic carbocycles. The quantitative estimate of drug-likeness (QED) is 0.0261. The van der Waals surface area contributed by atoms with E-state index in [2.05, 4.69) is 81.5 Å². The van der Waals surface area contributed by atoms with Gasteiger partial charge in [-0.25, -0.2) is 0 Å². The molecule has 0 amide bonds. The third-order valence-corrected chi connectivity index (χ3v) is 15.0. The molecule has 0 saturated carbocycles. The van der Waals surface area contributed by atoms with E-state index in [0.717, 1.165) is 89.9 Å². The molecule has 0 aliphatic carbocycles. The molecule has 1 atom stereocenters. The summed E-state index contributed by atoms with van der Waals surface area (Å²) in [5, 5.41) is 0. The predicted molar refractivity (Wildman–Crippen MR) is 335 cm³/mol. The Labute approximate surface area is 479 Å². The summed E-state index contributed by atoms with van der Waals surface area (Å²) < 4.78 is 16.9. The van der Waals surface area contributed by atoms with Crippen LogP contribution >= 0.6 is 0 Å². The molecule has 0 heterocycles. The Hall–Kier alpha value is -2.89. The second-order valence-electron chi connectivity index (χ2n) is 22.7. The molecular formula is C71H128O6. The van der Waals surface area contributed by atoms with Crippen molar-refractivity contribution in [3.63, 3.8) is 0 Å². The monoisotopic (exact) mass is 1080 g/mol. The van der Waals surface area contributed by atoms with Gasteiger partial charge in [-0.15, -0.1) is 0 Å². The average Bonchev–Trinajstić information content (AvgIpc) is 3.43. The Morgan fingerprint density at radius 1 is 0.260 bits per heavy atom. The first-order valence-electron chi connectivity index (χ1n) is 33.8. The number of carbonyl (C=O) groups is 3. The minimum absolute atomic E-state index is 0.0789. The average molecular weight is 1080 g/mol. The van der Waals surface area contributed by atoms with Crippen LogP contribution in [0, 0.1) is 0 Å². The number of rotatable bonds is 62. The molecule has 448 valence electrons. The lowest BCUT2D eigenvalue weighted by molar-refractivity contribution is -0.167. The summed E-state index contributed by atoms with van der Waals surface area (Å²) in [6.45, 7) is 6.66. The summed E-state index contributed by atoms with van der Waals surface area (Å²) in [4.78, 5) is 38.4. The number of hydrogen-bond donors (Lipinski definition) is 0. The fraction of sp³-hybridized carbons (Fsp3) is 0.817. The smallest absolute Gasteiger partial charge is 0.306 e. The van der Waals surface area contributed by atoms with E-state index in [9.17, 15) is 14.4 Å².